The van der Waals surface area contributed by atoms with Crippen LogP contribution >= 0.6 is 0 Å². The molecule has 6 nitrogen and oxygen atoms in total. The van der Waals surface area contributed by atoms with Crippen molar-refractivity contribution in [3.8, 4) is 0 Å². The first-order chi connectivity index (χ1) is 26.5. The molecule has 0 saturated heterocycles. The molecule has 2 N–H and O–H groups in total. The summed E-state index contributed by atoms with van der Waals surface area (Å²) < 4.78 is 6.04. The van der Waals surface area contributed by atoms with Crippen molar-refractivity contribution in [1.82, 2.24) is 5.32 Å². The van der Waals surface area contributed by atoms with Gasteiger partial charge in [0.05, 0.1) is 0 Å². The van der Waals surface area contributed by atoms with E-state index in [9.17, 15) is 14.4 Å². The summed E-state index contributed by atoms with van der Waals surface area (Å²) in [6, 6.07) is 0. The van der Waals surface area contributed by atoms with E-state index in [4.69, 9.17) is 9.84 Å². The number of nitrogens with one attached hydrogen (secondary N) is 1. The summed E-state index contributed by atoms with van der Waals surface area (Å²) in [6.07, 6.45) is 55.2. The highest BCUT2D eigenvalue weighted by Crippen LogP contribution is 2.18. The molecule has 1 amide bonds. The number of carboxylic acid groups (broad SMARTS) is 1. The molecule has 0 heterocycles. The van der Waals surface area contributed by atoms with Crippen LogP contribution in [-0.2, 0) is 19.1 Å². The zero-order valence-electron chi connectivity index (χ0n) is 35.3. The summed E-state index contributed by atoms with van der Waals surface area (Å²) in [5.41, 5.74) is 0. The molecule has 0 aromatic heterocycles. The predicted octanol–water partition coefficient (Wildman–Crippen LogP) is 14.2. The minimum absolute atomic E-state index is 0.00447. The van der Waals surface area contributed by atoms with Gasteiger partial charge in [0, 0.05) is 12.8 Å². The number of amides is 1. The lowest BCUT2D eigenvalue weighted by Gasteiger charge is -2.18. The number of hydrogen-bond acceptors (Lipinski definition) is 4. The van der Waals surface area contributed by atoms with Gasteiger partial charge in [-0.1, -0.05) is 165 Å². The number of ether oxygens (including phenoxy) is 1. The summed E-state index contributed by atoms with van der Waals surface area (Å²) >= 11 is 0. The number of rotatable bonds is 41. The van der Waals surface area contributed by atoms with Gasteiger partial charge in [-0.15, -0.1) is 0 Å². The van der Waals surface area contributed by atoms with Crippen molar-refractivity contribution in [2.75, 3.05) is 6.54 Å². The minimum Gasteiger partial charge on any atom is -0.480 e. The van der Waals surface area contributed by atoms with Gasteiger partial charge in [0.15, 0.2) is 0 Å². The Kier molecular flexibility index (Phi) is 41.0. The van der Waals surface area contributed by atoms with Crippen LogP contribution in [0.15, 0.2) is 48.6 Å². The fourth-order valence-corrected chi connectivity index (χ4v) is 6.64. The molecule has 1 atom stereocenters. The van der Waals surface area contributed by atoms with Crippen molar-refractivity contribution < 1.29 is 24.2 Å². The molecule has 0 radical (unpaired) electrons. The minimum atomic E-state index is -1.02. The first kappa shape index (κ1) is 51.4. The monoisotopic (exact) mass is 756 g/mol. The topological polar surface area (TPSA) is 92.7 Å². The van der Waals surface area contributed by atoms with Gasteiger partial charge >= 0.3 is 11.9 Å². The van der Waals surface area contributed by atoms with Gasteiger partial charge in [-0.2, -0.15) is 0 Å². The van der Waals surface area contributed by atoms with E-state index in [0.29, 0.717) is 12.8 Å². The number of carbonyl (C=O) groups excluding carboxylic acids is 2. The Morgan fingerprint density at radius 1 is 0.500 bits per heavy atom. The fourth-order valence-electron chi connectivity index (χ4n) is 6.64. The Morgan fingerprint density at radius 2 is 0.907 bits per heavy atom. The van der Waals surface area contributed by atoms with Crippen LogP contribution in [0.5, 0.6) is 0 Å². The van der Waals surface area contributed by atoms with Crippen LogP contribution in [0.4, 0.5) is 0 Å². The molecule has 0 fully saturated rings. The van der Waals surface area contributed by atoms with E-state index in [1.807, 2.05) is 0 Å². The molecule has 1 unspecified atom stereocenters. The Labute approximate surface area is 333 Å². The van der Waals surface area contributed by atoms with E-state index in [1.165, 1.54) is 109 Å². The van der Waals surface area contributed by atoms with E-state index in [1.54, 1.807) is 0 Å². The second kappa shape index (κ2) is 43.1. The lowest BCUT2D eigenvalue weighted by atomic mass is 10.0. The van der Waals surface area contributed by atoms with Gasteiger partial charge < -0.3 is 15.2 Å². The Balaban J connectivity index is 4.21. The molecule has 0 aliphatic heterocycles. The fraction of sp³-hybridized carbons (Fsp3) is 0.771. The highest BCUT2D eigenvalue weighted by atomic mass is 16.5. The molecular weight excluding hydrogens is 671 g/mol. The van der Waals surface area contributed by atoms with Crippen LogP contribution < -0.4 is 5.32 Å². The Morgan fingerprint density at radius 3 is 1.43 bits per heavy atom. The molecule has 0 rings (SSSR count). The highest BCUT2D eigenvalue weighted by molar-refractivity contribution is 5.80. The van der Waals surface area contributed by atoms with Gasteiger partial charge in [0.2, 0.25) is 5.91 Å². The van der Waals surface area contributed by atoms with Crippen molar-refractivity contribution in [2.45, 2.75) is 232 Å². The van der Waals surface area contributed by atoms with Crippen molar-refractivity contribution in [1.29, 1.82) is 0 Å². The summed E-state index contributed by atoms with van der Waals surface area (Å²) in [5, 5.41) is 11.1. The number of carbonyl (C=O) groups is 3. The number of hydrogen-bond donors (Lipinski definition) is 2. The molecule has 0 spiro atoms. The standard InChI is InChI=1S/C48H85NO5/c1-3-5-7-9-11-13-15-17-19-20-22-24-26-28-30-35-39-43-48(53)54-45(41-37-33-31-34-38-42-46(50)49-44-47(51)52)40-36-32-29-27-25-23-21-18-16-14-12-10-8-6-4-2/h5,7,11,13,17,19,23,25,45H,3-4,6,8-10,12,14-16,18,20-22,24,26-44H2,1-2H3,(H,49,50)(H,51,52)/b7-5-,13-11-,19-17-,25-23-. The lowest BCUT2D eigenvalue weighted by Crippen LogP contribution is -2.28. The van der Waals surface area contributed by atoms with Gasteiger partial charge in [-0.25, -0.2) is 0 Å². The summed E-state index contributed by atoms with van der Waals surface area (Å²) in [6.45, 7) is 4.12. The zero-order valence-corrected chi connectivity index (χ0v) is 35.3. The van der Waals surface area contributed by atoms with Gasteiger partial charge in [0.1, 0.15) is 12.6 Å². The van der Waals surface area contributed by atoms with E-state index in [2.05, 4.69) is 67.8 Å². The van der Waals surface area contributed by atoms with E-state index < -0.39 is 5.97 Å². The number of carboxylic acids is 1. The first-order valence-electron chi connectivity index (χ1n) is 22.8. The maximum absolute atomic E-state index is 12.8. The van der Waals surface area contributed by atoms with E-state index in [0.717, 1.165) is 89.9 Å². The number of esters is 1. The molecule has 0 saturated carbocycles. The largest absolute Gasteiger partial charge is 0.480 e. The smallest absolute Gasteiger partial charge is 0.322 e. The van der Waals surface area contributed by atoms with E-state index in [-0.39, 0.29) is 24.5 Å². The molecule has 0 aromatic rings. The SMILES string of the molecule is CC/C=C\C/C=C\C/C=C\CCCCCCCCCC(=O)OC(CCCCC/C=C\CCCCCCCCCC)CCCCCCCC(=O)NCC(=O)O. The predicted molar refractivity (Wildman–Crippen MR) is 231 cm³/mol. The van der Waals surface area contributed by atoms with Gasteiger partial charge in [-0.05, 0) is 96.3 Å². The average molecular weight is 756 g/mol. The summed E-state index contributed by atoms with van der Waals surface area (Å²) in [5.74, 6) is -1.25. The highest BCUT2D eigenvalue weighted by Gasteiger charge is 2.14. The maximum Gasteiger partial charge on any atom is 0.322 e. The third kappa shape index (κ3) is 42.1. The van der Waals surface area contributed by atoms with Crippen molar-refractivity contribution in [3.63, 3.8) is 0 Å². The van der Waals surface area contributed by atoms with Gasteiger partial charge in [0.25, 0.3) is 0 Å². The zero-order chi connectivity index (χ0) is 39.4. The van der Waals surface area contributed by atoms with Crippen molar-refractivity contribution >= 4 is 17.8 Å². The van der Waals surface area contributed by atoms with Crippen LogP contribution in [0.1, 0.15) is 226 Å². The van der Waals surface area contributed by atoms with Crippen LogP contribution in [0.25, 0.3) is 0 Å². The summed E-state index contributed by atoms with van der Waals surface area (Å²) in [7, 11) is 0. The molecule has 0 aliphatic rings. The third-order valence-corrected chi connectivity index (χ3v) is 9.98. The average Bonchev–Trinajstić information content (AvgIpc) is 3.16. The third-order valence-electron chi connectivity index (χ3n) is 9.98. The van der Waals surface area contributed by atoms with Crippen LogP contribution in [-0.4, -0.2) is 35.6 Å². The van der Waals surface area contributed by atoms with Crippen LogP contribution in [0.2, 0.25) is 0 Å². The number of aliphatic carboxylic acids is 1. The quantitative estimate of drug-likeness (QED) is 0.0368. The lowest BCUT2D eigenvalue weighted by molar-refractivity contribution is -0.150. The molecule has 312 valence electrons. The maximum atomic E-state index is 12.8. The molecule has 0 aliphatic carbocycles. The van der Waals surface area contributed by atoms with Crippen LogP contribution in [0, 0.1) is 0 Å². The van der Waals surface area contributed by atoms with Gasteiger partial charge in [-0.3, -0.25) is 14.4 Å². The number of allylic oxidation sites excluding steroid dienone is 8. The second-order valence-electron chi connectivity index (χ2n) is 15.3. The summed E-state index contributed by atoms with van der Waals surface area (Å²) in [4.78, 5) is 35.1. The van der Waals surface area contributed by atoms with Crippen LogP contribution in [0.3, 0.4) is 0 Å². The first-order valence-corrected chi connectivity index (χ1v) is 22.8. The second-order valence-corrected chi connectivity index (χ2v) is 15.3. The molecular formula is C48H85NO5. The molecule has 54 heavy (non-hydrogen) atoms. The number of unbranched alkanes of at least 4 members (excludes halogenated alkanes) is 22. The Bertz CT molecular complexity index is 968. The van der Waals surface area contributed by atoms with Crippen molar-refractivity contribution in [3.05, 3.63) is 48.6 Å². The Hall–Kier alpha value is -2.63. The molecule has 0 bridgehead atoms. The van der Waals surface area contributed by atoms with Crippen molar-refractivity contribution in [2.24, 2.45) is 0 Å². The molecule has 0 aromatic carbocycles. The molecule has 6 heteroatoms. The van der Waals surface area contributed by atoms with E-state index >= 15 is 0 Å². The normalized spacial score (nSPS) is 12.5.